The van der Waals surface area contributed by atoms with Crippen molar-refractivity contribution >= 4 is 0 Å². The SMILES string of the molecule is CN1CCC(F)(Cc2ccccn2)CC1. The third-order valence-corrected chi connectivity index (χ3v) is 3.11. The molecule has 15 heavy (non-hydrogen) atoms. The molecule has 1 aliphatic rings. The highest BCUT2D eigenvalue weighted by atomic mass is 19.1. The van der Waals surface area contributed by atoms with Gasteiger partial charge in [-0.05, 0) is 32.0 Å². The number of rotatable bonds is 2. The number of pyridine rings is 1. The van der Waals surface area contributed by atoms with Gasteiger partial charge in [0.05, 0.1) is 0 Å². The van der Waals surface area contributed by atoms with Crippen LogP contribution in [-0.4, -0.2) is 35.7 Å². The van der Waals surface area contributed by atoms with Gasteiger partial charge in [0.2, 0.25) is 0 Å². The van der Waals surface area contributed by atoms with Gasteiger partial charge < -0.3 is 4.90 Å². The van der Waals surface area contributed by atoms with Crippen molar-refractivity contribution in [2.75, 3.05) is 20.1 Å². The number of hydrogen-bond acceptors (Lipinski definition) is 2. The lowest BCUT2D eigenvalue weighted by atomic mass is 9.89. The average Bonchev–Trinajstić information content (AvgIpc) is 2.24. The maximum Gasteiger partial charge on any atom is 0.119 e. The molecule has 0 saturated carbocycles. The van der Waals surface area contributed by atoms with Gasteiger partial charge in [-0.25, -0.2) is 4.39 Å². The molecule has 0 atom stereocenters. The minimum Gasteiger partial charge on any atom is -0.306 e. The molecule has 0 amide bonds. The van der Waals surface area contributed by atoms with Crippen molar-refractivity contribution in [2.24, 2.45) is 0 Å². The summed E-state index contributed by atoms with van der Waals surface area (Å²) in [7, 11) is 2.04. The van der Waals surface area contributed by atoms with E-state index in [-0.39, 0.29) is 0 Å². The molecule has 82 valence electrons. The number of piperidine rings is 1. The summed E-state index contributed by atoms with van der Waals surface area (Å²) in [6.45, 7) is 1.70. The zero-order chi connectivity index (χ0) is 10.7. The molecule has 2 heterocycles. The molecule has 0 bridgehead atoms. The van der Waals surface area contributed by atoms with Crippen molar-refractivity contribution in [1.82, 2.24) is 9.88 Å². The summed E-state index contributed by atoms with van der Waals surface area (Å²) in [6.07, 6.45) is 3.44. The number of likely N-dealkylation sites (tertiary alicyclic amines) is 1. The summed E-state index contributed by atoms with van der Waals surface area (Å²) in [4.78, 5) is 6.36. The number of halogens is 1. The highest BCUT2D eigenvalue weighted by Crippen LogP contribution is 2.29. The molecule has 1 aromatic rings. The first-order chi connectivity index (χ1) is 7.18. The fourth-order valence-corrected chi connectivity index (χ4v) is 2.02. The monoisotopic (exact) mass is 208 g/mol. The van der Waals surface area contributed by atoms with Crippen LogP contribution in [0.25, 0.3) is 0 Å². The molecule has 0 N–H and O–H groups in total. The van der Waals surface area contributed by atoms with Gasteiger partial charge in [-0.3, -0.25) is 4.98 Å². The summed E-state index contributed by atoms with van der Waals surface area (Å²) >= 11 is 0. The van der Waals surface area contributed by atoms with Crippen LogP contribution in [0.2, 0.25) is 0 Å². The molecule has 0 unspecified atom stereocenters. The summed E-state index contributed by atoms with van der Waals surface area (Å²) in [5.41, 5.74) is -0.175. The van der Waals surface area contributed by atoms with Gasteiger partial charge >= 0.3 is 0 Å². The second-order valence-electron chi connectivity index (χ2n) is 4.45. The van der Waals surface area contributed by atoms with E-state index in [1.807, 2.05) is 25.2 Å². The number of alkyl halides is 1. The van der Waals surface area contributed by atoms with Gasteiger partial charge in [-0.15, -0.1) is 0 Å². The third-order valence-electron chi connectivity index (χ3n) is 3.11. The standard InChI is InChI=1S/C12H17FN2/c1-15-8-5-12(13,6-9-15)10-11-4-2-3-7-14-11/h2-4,7H,5-6,8-10H2,1H3. The second kappa shape index (κ2) is 4.27. The molecule has 0 spiro atoms. The molecular formula is C12H17FN2. The smallest absolute Gasteiger partial charge is 0.119 e. The van der Waals surface area contributed by atoms with Crippen LogP contribution in [0, 0.1) is 0 Å². The van der Waals surface area contributed by atoms with Gasteiger partial charge in [0.15, 0.2) is 0 Å². The third kappa shape index (κ3) is 2.75. The Kier molecular flexibility index (Phi) is 3.00. The van der Waals surface area contributed by atoms with Crippen molar-refractivity contribution in [3.8, 4) is 0 Å². The van der Waals surface area contributed by atoms with E-state index in [0.717, 1.165) is 18.8 Å². The van der Waals surface area contributed by atoms with Crippen LogP contribution in [0.3, 0.4) is 0 Å². The molecule has 3 heteroatoms. The molecule has 0 aromatic carbocycles. The predicted molar refractivity (Wildman–Crippen MR) is 58.5 cm³/mol. The second-order valence-corrected chi connectivity index (χ2v) is 4.45. The van der Waals surface area contributed by atoms with E-state index < -0.39 is 5.67 Å². The molecule has 0 radical (unpaired) electrons. The van der Waals surface area contributed by atoms with E-state index in [1.165, 1.54) is 0 Å². The highest BCUT2D eigenvalue weighted by molar-refractivity contribution is 5.08. The Hall–Kier alpha value is -0.960. The lowest BCUT2D eigenvalue weighted by Crippen LogP contribution is -2.41. The van der Waals surface area contributed by atoms with Crippen LogP contribution in [0.1, 0.15) is 18.5 Å². The first kappa shape index (κ1) is 10.6. The van der Waals surface area contributed by atoms with E-state index in [0.29, 0.717) is 19.3 Å². The topological polar surface area (TPSA) is 16.1 Å². The van der Waals surface area contributed by atoms with Gasteiger partial charge in [0.1, 0.15) is 5.67 Å². The Bertz CT molecular complexity index is 305. The maximum atomic E-state index is 14.4. The molecule has 2 nitrogen and oxygen atoms in total. The Morgan fingerprint density at radius 3 is 2.73 bits per heavy atom. The van der Waals surface area contributed by atoms with Crippen LogP contribution in [0.5, 0.6) is 0 Å². The van der Waals surface area contributed by atoms with E-state index in [1.54, 1.807) is 6.20 Å². The number of aromatic nitrogens is 1. The van der Waals surface area contributed by atoms with E-state index in [9.17, 15) is 4.39 Å². The first-order valence-electron chi connectivity index (χ1n) is 5.45. The highest BCUT2D eigenvalue weighted by Gasteiger charge is 2.33. The molecule has 1 aliphatic heterocycles. The van der Waals surface area contributed by atoms with Crippen LogP contribution < -0.4 is 0 Å². The van der Waals surface area contributed by atoms with Crippen molar-refractivity contribution in [3.05, 3.63) is 30.1 Å². The van der Waals surface area contributed by atoms with E-state index in [4.69, 9.17) is 0 Å². The van der Waals surface area contributed by atoms with Gasteiger partial charge in [0, 0.05) is 31.4 Å². The van der Waals surface area contributed by atoms with Gasteiger partial charge in [-0.1, -0.05) is 6.07 Å². The molecule has 1 fully saturated rings. The fourth-order valence-electron chi connectivity index (χ4n) is 2.02. The zero-order valence-corrected chi connectivity index (χ0v) is 9.12. The zero-order valence-electron chi connectivity index (χ0n) is 9.12. The lowest BCUT2D eigenvalue weighted by Gasteiger charge is -2.34. The van der Waals surface area contributed by atoms with Gasteiger partial charge in [-0.2, -0.15) is 0 Å². The Balaban J connectivity index is 1.99. The molecule has 1 aromatic heterocycles. The molecule has 1 saturated heterocycles. The van der Waals surface area contributed by atoms with Gasteiger partial charge in [0.25, 0.3) is 0 Å². The molecule has 2 rings (SSSR count). The summed E-state index contributed by atoms with van der Waals surface area (Å²) in [5, 5.41) is 0. The van der Waals surface area contributed by atoms with E-state index in [2.05, 4.69) is 9.88 Å². The minimum atomic E-state index is -1.04. The predicted octanol–water partition coefficient (Wildman–Crippen LogP) is 2.06. The Morgan fingerprint density at radius 2 is 2.13 bits per heavy atom. The number of hydrogen-bond donors (Lipinski definition) is 0. The molecular weight excluding hydrogens is 191 g/mol. The maximum absolute atomic E-state index is 14.4. The number of nitrogens with zero attached hydrogens (tertiary/aromatic N) is 2. The fraction of sp³-hybridized carbons (Fsp3) is 0.583. The first-order valence-corrected chi connectivity index (χ1v) is 5.45. The lowest BCUT2D eigenvalue weighted by molar-refractivity contribution is 0.0689. The van der Waals surface area contributed by atoms with Crippen LogP contribution in [0.4, 0.5) is 4.39 Å². The minimum absolute atomic E-state index is 0.460. The normalized spacial score (nSPS) is 21.5. The Morgan fingerprint density at radius 1 is 1.40 bits per heavy atom. The van der Waals surface area contributed by atoms with Crippen molar-refractivity contribution in [2.45, 2.75) is 24.9 Å². The molecule has 0 aliphatic carbocycles. The van der Waals surface area contributed by atoms with Crippen molar-refractivity contribution in [3.63, 3.8) is 0 Å². The van der Waals surface area contributed by atoms with Crippen molar-refractivity contribution < 1.29 is 4.39 Å². The average molecular weight is 208 g/mol. The van der Waals surface area contributed by atoms with Crippen LogP contribution >= 0.6 is 0 Å². The van der Waals surface area contributed by atoms with E-state index >= 15 is 0 Å². The largest absolute Gasteiger partial charge is 0.306 e. The quantitative estimate of drug-likeness (QED) is 0.739. The van der Waals surface area contributed by atoms with Crippen LogP contribution in [0.15, 0.2) is 24.4 Å². The Labute approximate surface area is 90.1 Å². The summed E-state index contributed by atoms with van der Waals surface area (Å²) in [5.74, 6) is 0. The summed E-state index contributed by atoms with van der Waals surface area (Å²) < 4.78 is 14.4. The van der Waals surface area contributed by atoms with Crippen LogP contribution in [-0.2, 0) is 6.42 Å². The summed E-state index contributed by atoms with van der Waals surface area (Å²) in [6, 6.07) is 5.68. The van der Waals surface area contributed by atoms with Crippen molar-refractivity contribution in [1.29, 1.82) is 0 Å².